The van der Waals surface area contributed by atoms with E-state index in [0.717, 1.165) is 11.5 Å². The largest absolute Gasteiger partial charge is 0.465 e. The number of methoxy groups -OCH3 is 1. The summed E-state index contributed by atoms with van der Waals surface area (Å²) in [4.78, 5) is 23.5. The van der Waals surface area contributed by atoms with Gasteiger partial charge in [-0.15, -0.1) is 5.10 Å². The first kappa shape index (κ1) is 14.4. The molecule has 0 atom stereocenters. The van der Waals surface area contributed by atoms with E-state index in [2.05, 4.69) is 14.3 Å². The van der Waals surface area contributed by atoms with E-state index in [1.165, 1.54) is 19.2 Å². The fraction of sp³-hybridized carbons (Fsp3) is 0.167. The fourth-order valence-corrected chi connectivity index (χ4v) is 2.04. The first-order valence-corrected chi connectivity index (χ1v) is 6.59. The molecule has 0 aliphatic carbocycles. The van der Waals surface area contributed by atoms with Crippen LogP contribution in [0.2, 0.25) is 4.34 Å². The Kier molecular flexibility index (Phi) is 4.65. The van der Waals surface area contributed by atoms with E-state index in [1.807, 2.05) is 0 Å². The van der Waals surface area contributed by atoms with Crippen molar-refractivity contribution < 1.29 is 19.1 Å². The highest BCUT2D eigenvalue weighted by molar-refractivity contribution is 7.10. The zero-order valence-corrected chi connectivity index (χ0v) is 11.9. The van der Waals surface area contributed by atoms with Crippen LogP contribution in [0.1, 0.15) is 26.4 Å². The molecule has 2 aromatic rings. The Labute approximate surface area is 123 Å². The van der Waals surface area contributed by atoms with Crippen molar-refractivity contribution in [2.75, 3.05) is 7.11 Å². The van der Waals surface area contributed by atoms with Crippen molar-refractivity contribution in [1.29, 1.82) is 0 Å². The van der Waals surface area contributed by atoms with Crippen LogP contribution in [-0.4, -0.2) is 28.6 Å². The minimum absolute atomic E-state index is 0.107. The Balaban J connectivity index is 2.13. The van der Waals surface area contributed by atoms with Crippen LogP contribution in [0.3, 0.4) is 0 Å². The molecule has 0 saturated carbocycles. The third kappa shape index (κ3) is 3.12. The molecule has 104 valence electrons. The second-order valence-corrected chi connectivity index (χ2v) is 4.96. The Hall–Kier alpha value is -1.99. The molecule has 0 aliphatic rings. The molecule has 1 aromatic carbocycles. The van der Waals surface area contributed by atoms with E-state index < -0.39 is 11.9 Å². The van der Waals surface area contributed by atoms with Gasteiger partial charge in [-0.25, -0.2) is 9.59 Å². The number of aromatic nitrogens is 2. The van der Waals surface area contributed by atoms with Gasteiger partial charge in [0.1, 0.15) is 16.6 Å². The van der Waals surface area contributed by atoms with Crippen LogP contribution >= 0.6 is 23.1 Å². The lowest BCUT2D eigenvalue weighted by atomic mass is 10.1. The van der Waals surface area contributed by atoms with E-state index >= 15 is 0 Å². The summed E-state index contributed by atoms with van der Waals surface area (Å²) in [5, 5.41) is 3.72. The molecule has 1 heterocycles. The van der Waals surface area contributed by atoms with Crippen LogP contribution in [0.25, 0.3) is 0 Å². The van der Waals surface area contributed by atoms with Gasteiger partial charge in [0.15, 0.2) is 0 Å². The molecule has 8 heteroatoms. The van der Waals surface area contributed by atoms with Gasteiger partial charge in [-0.2, -0.15) is 0 Å². The van der Waals surface area contributed by atoms with Gasteiger partial charge in [-0.05, 0) is 12.1 Å². The molecule has 20 heavy (non-hydrogen) atoms. The first-order chi connectivity index (χ1) is 9.63. The molecule has 0 N–H and O–H groups in total. The quantitative estimate of drug-likeness (QED) is 0.806. The number of halogens is 1. The lowest BCUT2D eigenvalue weighted by molar-refractivity contribution is 0.0453. The van der Waals surface area contributed by atoms with E-state index in [-0.39, 0.29) is 17.7 Å². The molecule has 0 bridgehead atoms. The maximum atomic E-state index is 12.0. The van der Waals surface area contributed by atoms with Crippen molar-refractivity contribution in [2.45, 2.75) is 6.61 Å². The van der Waals surface area contributed by atoms with Gasteiger partial charge in [-0.3, -0.25) is 0 Å². The highest BCUT2D eigenvalue weighted by Gasteiger charge is 2.19. The highest BCUT2D eigenvalue weighted by Crippen LogP contribution is 2.19. The van der Waals surface area contributed by atoms with E-state index in [4.69, 9.17) is 16.3 Å². The smallest absolute Gasteiger partial charge is 0.339 e. The number of carbonyl (C=O) groups is 2. The van der Waals surface area contributed by atoms with Gasteiger partial charge < -0.3 is 9.47 Å². The summed E-state index contributed by atoms with van der Waals surface area (Å²) < 4.78 is 13.7. The van der Waals surface area contributed by atoms with Crippen molar-refractivity contribution in [3.8, 4) is 0 Å². The van der Waals surface area contributed by atoms with Crippen molar-refractivity contribution in [3.05, 3.63) is 45.4 Å². The lowest BCUT2D eigenvalue weighted by Gasteiger charge is -2.07. The number of carbonyl (C=O) groups excluding carboxylic acids is 2. The Bertz CT molecular complexity index is 644. The molecule has 0 amide bonds. The van der Waals surface area contributed by atoms with Gasteiger partial charge in [0.2, 0.25) is 0 Å². The fourth-order valence-electron chi connectivity index (χ4n) is 1.44. The second-order valence-electron chi connectivity index (χ2n) is 3.61. The van der Waals surface area contributed by atoms with Crippen LogP contribution in [0.15, 0.2) is 24.3 Å². The average molecular weight is 313 g/mol. The maximum Gasteiger partial charge on any atom is 0.339 e. The van der Waals surface area contributed by atoms with Gasteiger partial charge in [0, 0.05) is 11.5 Å². The number of nitrogens with zero attached hydrogens (tertiary/aromatic N) is 2. The van der Waals surface area contributed by atoms with Gasteiger partial charge in [0.25, 0.3) is 0 Å². The molecule has 0 unspecified atom stereocenters. The Morgan fingerprint density at radius 1 is 1.25 bits per heavy atom. The Morgan fingerprint density at radius 2 is 1.90 bits per heavy atom. The lowest BCUT2D eigenvalue weighted by Crippen LogP contribution is -2.13. The van der Waals surface area contributed by atoms with Crippen LogP contribution in [-0.2, 0) is 16.1 Å². The third-order valence-electron chi connectivity index (χ3n) is 2.40. The summed E-state index contributed by atoms with van der Waals surface area (Å²) in [7, 11) is 1.24. The molecule has 0 aliphatic heterocycles. The minimum atomic E-state index is -0.657. The SMILES string of the molecule is COC(=O)c1ccccc1C(=O)OCc1nnsc1Cl. The number of hydrogen-bond acceptors (Lipinski definition) is 7. The molecule has 0 fully saturated rings. The molecule has 0 saturated heterocycles. The average Bonchev–Trinajstić information content (AvgIpc) is 2.89. The highest BCUT2D eigenvalue weighted by atomic mass is 35.5. The van der Waals surface area contributed by atoms with Gasteiger partial charge in [-0.1, -0.05) is 28.2 Å². The monoisotopic (exact) mass is 312 g/mol. The summed E-state index contributed by atoms with van der Waals surface area (Å²) in [5.74, 6) is -1.26. The summed E-state index contributed by atoms with van der Waals surface area (Å²) >= 11 is 6.80. The molecular formula is C12H9ClN2O4S. The van der Waals surface area contributed by atoms with Gasteiger partial charge in [0.05, 0.1) is 18.2 Å². The van der Waals surface area contributed by atoms with Crippen LogP contribution in [0.5, 0.6) is 0 Å². The number of hydrogen-bond donors (Lipinski definition) is 0. The second kappa shape index (κ2) is 6.44. The van der Waals surface area contributed by atoms with E-state index in [9.17, 15) is 9.59 Å². The van der Waals surface area contributed by atoms with Crippen molar-refractivity contribution in [2.24, 2.45) is 0 Å². The molecule has 6 nitrogen and oxygen atoms in total. The normalized spacial score (nSPS) is 10.1. The summed E-state index contributed by atoms with van der Waals surface area (Å²) in [5.41, 5.74) is 0.640. The molecule has 0 radical (unpaired) electrons. The number of rotatable bonds is 4. The third-order valence-corrected chi connectivity index (χ3v) is 3.39. The van der Waals surface area contributed by atoms with E-state index in [1.54, 1.807) is 12.1 Å². The number of ether oxygens (including phenoxy) is 2. The Morgan fingerprint density at radius 3 is 2.45 bits per heavy atom. The molecular weight excluding hydrogens is 304 g/mol. The molecule has 0 spiro atoms. The molecule has 1 aromatic heterocycles. The van der Waals surface area contributed by atoms with Crippen molar-refractivity contribution >= 4 is 35.1 Å². The van der Waals surface area contributed by atoms with E-state index in [0.29, 0.717) is 10.0 Å². The predicted octanol–water partition coefficient (Wildman–Crippen LogP) is 2.34. The van der Waals surface area contributed by atoms with Crippen LogP contribution in [0.4, 0.5) is 0 Å². The van der Waals surface area contributed by atoms with Crippen molar-refractivity contribution in [1.82, 2.24) is 9.59 Å². The first-order valence-electron chi connectivity index (χ1n) is 5.44. The molecule has 2 rings (SSSR count). The topological polar surface area (TPSA) is 78.4 Å². The summed E-state index contributed by atoms with van der Waals surface area (Å²) in [6, 6.07) is 6.22. The predicted molar refractivity (Wildman–Crippen MR) is 71.8 cm³/mol. The van der Waals surface area contributed by atoms with Crippen LogP contribution in [0, 0.1) is 0 Å². The maximum absolute atomic E-state index is 12.0. The van der Waals surface area contributed by atoms with Crippen LogP contribution < -0.4 is 0 Å². The zero-order chi connectivity index (χ0) is 14.5. The zero-order valence-electron chi connectivity index (χ0n) is 10.3. The number of esters is 2. The summed E-state index contributed by atoms with van der Waals surface area (Å²) in [6.07, 6.45) is 0. The number of benzene rings is 1. The minimum Gasteiger partial charge on any atom is -0.465 e. The summed E-state index contributed by atoms with van der Waals surface area (Å²) in [6.45, 7) is -0.107. The standard InChI is InChI=1S/C12H9ClN2O4S/c1-18-11(16)7-4-2-3-5-8(7)12(17)19-6-9-10(13)20-15-14-9/h2-5H,6H2,1H3. The van der Waals surface area contributed by atoms with Gasteiger partial charge >= 0.3 is 11.9 Å². The van der Waals surface area contributed by atoms with Crippen molar-refractivity contribution in [3.63, 3.8) is 0 Å².